The van der Waals surface area contributed by atoms with Gasteiger partial charge in [-0.1, -0.05) is 78.9 Å². The number of aliphatic carboxylic acids is 1. The summed E-state index contributed by atoms with van der Waals surface area (Å²) >= 11 is 0. The number of hydrogen-bond acceptors (Lipinski definition) is 4. The van der Waals surface area contributed by atoms with Crippen LogP contribution in [0, 0.1) is 0 Å². The number of carbonyl (C=O) groups is 2. The number of carboxylic acid groups (broad SMARTS) is 1. The molecule has 2 unspecified atom stereocenters. The summed E-state index contributed by atoms with van der Waals surface area (Å²) in [6.45, 7) is 5.02. The number of rotatable bonds is 12. The minimum absolute atomic E-state index is 0.180. The Kier molecular flexibility index (Phi) is 9.20. The van der Waals surface area contributed by atoms with Gasteiger partial charge in [0.05, 0.1) is 6.61 Å². The van der Waals surface area contributed by atoms with Crippen LogP contribution in [0.5, 0.6) is 5.75 Å². The zero-order valence-electron chi connectivity index (χ0n) is 21.6. The second kappa shape index (κ2) is 13.0. The molecule has 1 heterocycles. The fourth-order valence-electron chi connectivity index (χ4n) is 5.16. The summed E-state index contributed by atoms with van der Waals surface area (Å²) in [5, 5.41) is 10.8. The van der Waals surface area contributed by atoms with E-state index in [1.807, 2.05) is 91.0 Å². The minimum atomic E-state index is -1.34. The molecule has 0 radical (unpaired) electrons. The lowest BCUT2D eigenvalue weighted by Crippen LogP contribution is -2.45. The average Bonchev–Trinajstić information content (AvgIpc) is 3.42. The molecule has 6 nitrogen and oxygen atoms in total. The van der Waals surface area contributed by atoms with Crippen LogP contribution in [0.4, 0.5) is 4.79 Å². The molecular weight excluding hydrogens is 478 g/mol. The van der Waals surface area contributed by atoms with Crippen molar-refractivity contribution in [1.82, 2.24) is 4.90 Å². The molecule has 0 spiro atoms. The first-order valence-corrected chi connectivity index (χ1v) is 13.1. The van der Waals surface area contributed by atoms with Gasteiger partial charge in [-0.25, -0.2) is 4.79 Å². The first kappa shape index (κ1) is 27.0. The highest BCUT2D eigenvalue weighted by Crippen LogP contribution is 2.41. The van der Waals surface area contributed by atoms with Gasteiger partial charge >= 0.3 is 12.1 Å². The van der Waals surface area contributed by atoms with Crippen LogP contribution in [-0.2, 0) is 21.6 Å². The Morgan fingerprint density at radius 3 is 2.29 bits per heavy atom. The fraction of sp³-hybridized carbons (Fsp3) is 0.312. The monoisotopic (exact) mass is 513 g/mol. The van der Waals surface area contributed by atoms with Crippen LogP contribution >= 0.6 is 0 Å². The van der Waals surface area contributed by atoms with Gasteiger partial charge in [-0.15, -0.1) is 6.58 Å². The van der Waals surface area contributed by atoms with Gasteiger partial charge in [0.2, 0.25) is 0 Å². The fourth-order valence-corrected chi connectivity index (χ4v) is 5.16. The Hall–Kier alpha value is -4.06. The van der Waals surface area contributed by atoms with E-state index in [0.29, 0.717) is 36.4 Å². The van der Waals surface area contributed by atoms with E-state index in [0.717, 1.165) is 24.8 Å². The normalized spacial score (nSPS) is 16.4. The lowest BCUT2D eigenvalue weighted by molar-refractivity contribution is -0.143. The maximum Gasteiger partial charge on any atom is 0.410 e. The Balaban J connectivity index is 1.58. The van der Waals surface area contributed by atoms with Crippen molar-refractivity contribution >= 4 is 12.1 Å². The first-order valence-electron chi connectivity index (χ1n) is 13.1. The summed E-state index contributed by atoms with van der Waals surface area (Å²) in [6.07, 6.45) is 4.95. The molecule has 1 saturated heterocycles. The standard InChI is InChI=1S/C32H35NO5/c1-2-3-10-22-37-29-19-17-27(18-20-29)32(30(34)35,26-14-8-5-9-15-26)23-28-16-11-21-33(28)31(36)38-24-25-12-6-4-7-13-25/h2,4-9,12-15,17-20,28H,1,3,10-11,16,21-24H2,(H,34,35). The van der Waals surface area contributed by atoms with E-state index in [-0.39, 0.29) is 19.1 Å². The van der Waals surface area contributed by atoms with Gasteiger partial charge in [-0.05, 0) is 60.9 Å². The van der Waals surface area contributed by atoms with Crippen LogP contribution in [0.2, 0.25) is 0 Å². The minimum Gasteiger partial charge on any atom is -0.494 e. The van der Waals surface area contributed by atoms with E-state index in [1.54, 1.807) is 4.90 Å². The quantitative estimate of drug-likeness (QED) is 0.218. The molecule has 1 aliphatic heterocycles. The van der Waals surface area contributed by atoms with E-state index in [2.05, 4.69) is 6.58 Å². The number of carbonyl (C=O) groups excluding carboxylic acids is 1. The molecule has 1 amide bonds. The highest BCUT2D eigenvalue weighted by atomic mass is 16.6. The van der Waals surface area contributed by atoms with Gasteiger partial charge in [0.25, 0.3) is 0 Å². The van der Waals surface area contributed by atoms with Gasteiger partial charge in [0.15, 0.2) is 0 Å². The smallest absolute Gasteiger partial charge is 0.410 e. The van der Waals surface area contributed by atoms with Crippen molar-refractivity contribution in [1.29, 1.82) is 0 Å². The Morgan fingerprint density at radius 1 is 0.974 bits per heavy atom. The zero-order valence-corrected chi connectivity index (χ0v) is 21.6. The SMILES string of the molecule is C=CCCCOc1ccc(C(CC2CCCN2C(=O)OCc2ccccc2)(C(=O)O)c2ccccc2)cc1. The van der Waals surface area contributed by atoms with E-state index >= 15 is 0 Å². The van der Waals surface area contributed by atoms with Crippen LogP contribution < -0.4 is 4.74 Å². The maximum absolute atomic E-state index is 13.2. The Bertz CT molecular complexity index is 1200. The third-order valence-corrected chi connectivity index (χ3v) is 7.16. The highest BCUT2D eigenvalue weighted by molar-refractivity contribution is 5.86. The molecule has 1 aliphatic rings. The van der Waals surface area contributed by atoms with Gasteiger partial charge in [-0.2, -0.15) is 0 Å². The van der Waals surface area contributed by atoms with Crippen molar-refractivity contribution in [3.05, 3.63) is 114 Å². The molecule has 2 atom stereocenters. The summed E-state index contributed by atoms with van der Waals surface area (Å²) in [5.41, 5.74) is 0.902. The van der Waals surface area contributed by atoms with Crippen molar-refractivity contribution in [2.75, 3.05) is 13.2 Å². The number of amides is 1. The number of ether oxygens (including phenoxy) is 2. The van der Waals surface area contributed by atoms with E-state index in [9.17, 15) is 14.7 Å². The molecular formula is C32H35NO5. The van der Waals surface area contributed by atoms with Gasteiger partial charge in [0.1, 0.15) is 17.8 Å². The van der Waals surface area contributed by atoms with Crippen LogP contribution in [0.3, 0.4) is 0 Å². The molecule has 198 valence electrons. The average molecular weight is 514 g/mol. The largest absolute Gasteiger partial charge is 0.494 e. The third kappa shape index (κ3) is 6.25. The van der Waals surface area contributed by atoms with Gasteiger partial charge in [-0.3, -0.25) is 4.79 Å². The lowest BCUT2D eigenvalue weighted by Gasteiger charge is -2.36. The molecule has 0 bridgehead atoms. The second-order valence-electron chi connectivity index (χ2n) is 9.61. The molecule has 0 saturated carbocycles. The van der Waals surface area contributed by atoms with E-state index in [4.69, 9.17) is 9.47 Å². The second-order valence-corrected chi connectivity index (χ2v) is 9.61. The number of nitrogens with zero attached hydrogens (tertiary/aromatic N) is 1. The van der Waals surface area contributed by atoms with E-state index < -0.39 is 17.5 Å². The van der Waals surface area contributed by atoms with Crippen molar-refractivity contribution in [2.24, 2.45) is 0 Å². The number of allylic oxidation sites excluding steroid dienone is 1. The number of hydrogen-bond donors (Lipinski definition) is 1. The molecule has 0 aromatic heterocycles. The molecule has 4 rings (SSSR count). The maximum atomic E-state index is 13.2. The first-order chi connectivity index (χ1) is 18.5. The van der Waals surface area contributed by atoms with Gasteiger partial charge < -0.3 is 19.5 Å². The highest BCUT2D eigenvalue weighted by Gasteiger charge is 2.47. The molecule has 3 aromatic rings. The van der Waals surface area contributed by atoms with Crippen molar-refractivity contribution in [2.45, 2.75) is 50.2 Å². The predicted molar refractivity (Wildman–Crippen MR) is 147 cm³/mol. The summed E-state index contributed by atoms with van der Waals surface area (Å²) in [6, 6.07) is 25.8. The van der Waals surface area contributed by atoms with Gasteiger partial charge in [0, 0.05) is 12.6 Å². The van der Waals surface area contributed by atoms with Crippen molar-refractivity contribution in [3.63, 3.8) is 0 Å². The van der Waals surface area contributed by atoms with Crippen molar-refractivity contribution < 1.29 is 24.2 Å². The summed E-state index contributed by atoms with van der Waals surface area (Å²) in [5.74, 6) is -0.259. The molecule has 0 aliphatic carbocycles. The number of unbranched alkanes of at least 4 members (excludes halogenated alkanes) is 1. The number of likely N-dealkylation sites (tertiary alicyclic amines) is 1. The molecule has 38 heavy (non-hydrogen) atoms. The van der Waals surface area contributed by atoms with Crippen molar-refractivity contribution in [3.8, 4) is 5.75 Å². The van der Waals surface area contributed by atoms with E-state index in [1.165, 1.54) is 0 Å². The summed E-state index contributed by atoms with van der Waals surface area (Å²) < 4.78 is 11.4. The summed E-state index contributed by atoms with van der Waals surface area (Å²) in [4.78, 5) is 27.9. The number of benzene rings is 3. The third-order valence-electron chi connectivity index (χ3n) is 7.16. The molecule has 6 heteroatoms. The van der Waals surface area contributed by atoms with Crippen LogP contribution in [-0.4, -0.2) is 41.3 Å². The molecule has 1 fully saturated rings. The Labute approximate surface area is 224 Å². The topological polar surface area (TPSA) is 76.1 Å². The van der Waals surface area contributed by atoms with Crippen LogP contribution in [0.25, 0.3) is 0 Å². The predicted octanol–water partition coefficient (Wildman–Crippen LogP) is 6.59. The molecule has 3 aromatic carbocycles. The Morgan fingerprint density at radius 2 is 1.63 bits per heavy atom. The number of carboxylic acids is 1. The summed E-state index contributed by atoms with van der Waals surface area (Å²) in [7, 11) is 0. The van der Waals surface area contributed by atoms with Crippen LogP contribution in [0.15, 0.2) is 97.6 Å². The van der Waals surface area contributed by atoms with Crippen LogP contribution in [0.1, 0.15) is 48.8 Å². The molecule has 1 N–H and O–H groups in total. The lowest BCUT2D eigenvalue weighted by atomic mass is 9.70. The zero-order chi connectivity index (χ0) is 26.8.